The maximum Gasteiger partial charge on any atom is 0.238 e. The van der Waals surface area contributed by atoms with Gasteiger partial charge in [-0.05, 0) is 60.7 Å². The number of aryl methyl sites for hydroxylation is 1. The molecule has 9 nitrogen and oxygen atoms in total. The zero-order valence-electron chi connectivity index (χ0n) is 17.8. The molecule has 2 atom stereocenters. The number of rotatable bonds is 5. The summed E-state index contributed by atoms with van der Waals surface area (Å²) in [5.74, 6) is 0.298. The van der Waals surface area contributed by atoms with Gasteiger partial charge in [0, 0.05) is 42.5 Å². The Morgan fingerprint density at radius 2 is 1.91 bits per heavy atom. The molecule has 0 aromatic carbocycles. The van der Waals surface area contributed by atoms with Crippen molar-refractivity contribution in [1.82, 2.24) is 15.0 Å². The third-order valence-corrected chi connectivity index (χ3v) is 9.08. The highest BCUT2D eigenvalue weighted by atomic mass is 32.2. The molecule has 3 aromatic heterocycles. The molecule has 32 heavy (non-hydrogen) atoms. The fraction of sp³-hybridized carbons (Fsp3) is 0.364. The molecular formula is C22H24N6O3S. The quantitative estimate of drug-likeness (QED) is 0.601. The fourth-order valence-corrected chi connectivity index (χ4v) is 6.75. The summed E-state index contributed by atoms with van der Waals surface area (Å²) in [6.45, 7) is 1.96. The second-order valence-electron chi connectivity index (χ2n) is 8.71. The largest absolute Gasteiger partial charge is 0.383 e. The van der Waals surface area contributed by atoms with Crippen molar-refractivity contribution in [3.63, 3.8) is 0 Å². The van der Waals surface area contributed by atoms with E-state index in [1.165, 1.54) is 11.4 Å². The van der Waals surface area contributed by atoms with Crippen LogP contribution in [-0.2, 0) is 14.8 Å². The van der Waals surface area contributed by atoms with Crippen molar-refractivity contribution in [2.45, 2.75) is 25.0 Å². The number of fused-ring (bicyclic) bond motifs is 2. The molecule has 0 aliphatic heterocycles. The van der Waals surface area contributed by atoms with Gasteiger partial charge in [0.25, 0.3) is 0 Å². The maximum absolute atomic E-state index is 13.2. The number of pyridine rings is 3. The summed E-state index contributed by atoms with van der Waals surface area (Å²) in [5.41, 5.74) is 14.1. The van der Waals surface area contributed by atoms with E-state index in [1.54, 1.807) is 24.7 Å². The van der Waals surface area contributed by atoms with E-state index < -0.39 is 15.3 Å². The van der Waals surface area contributed by atoms with Crippen LogP contribution in [0.3, 0.4) is 0 Å². The first-order valence-corrected chi connectivity index (χ1v) is 11.9. The normalized spacial score (nSPS) is 24.3. The average molecular weight is 453 g/mol. The van der Waals surface area contributed by atoms with E-state index in [0.29, 0.717) is 35.6 Å². The lowest BCUT2D eigenvalue weighted by Gasteiger charge is -2.24. The molecule has 4 N–H and O–H groups in total. The van der Waals surface area contributed by atoms with Crippen LogP contribution in [0.15, 0.2) is 36.8 Å². The first-order valence-electron chi connectivity index (χ1n) is 10.4. The van der Waals surface area contributed by atoms with Gasteiger partial charge in [-0.25, -0.2) is 18.4 Å². The minimum absolute atomic E-state index is 0.0846. The number of hydrogen-bond donors (Lipinski definition) is 2. The van der Waals surface area contributed by atoms with E-state index in [4.69, 9.17) is 11.5 Å². The van der Waals surface area contributed by atoms with Gasteiger partial charge < -0.3 is 11.5 Å². The topological polar surface area (TPSA) is 145 Å². The van der Waals surface area contributed by atoms with Crippen molar-refractivity contribution >= 4 is 38.3 Å². The van der Waals surface area contributed by atoms with E-state index in [-0.39, 0.29) is 23.7 Å². The summed E-state index contributed by atoms with van der Waals surface area (Å²) in [7, 11) is -2.12. The van der Waals surface area contributed by atoms with Crippen LogP contribution in [0.2, 0.25) is 0 Å². The number of anilines is 2. The van der Waals surface area contributed by atoms with Crippen LogP contribution in [0.4, 0.5) is 11.6 Å². The first kappa shape index (κ1) is 20.6. The molecule has 2 aliphatic carbocycles. The Bertz CT molecular complexity index is 1350. The van der Waals surface area contributed by atoms with Crippen LogP contribution < -0.4 is 15.8 Å². The van der Waals surface area contributed by atoms with Gasteiger partial charge in [0.15, 0.2) is 0 Å². The SMILES string of the molecule is Cc1ccncc1-c1cc2cc(N(C)S(=O)(=O)C3CC4C(C3)C4C(N)=O)ncc2c(N)n1. The van der Waals surface area contributed by atoms with Crippen LogP contribution in [0.5, 0.6) is 0 Å². The third-order valence-electron chi connectivity index (χ3n) is 6.90. The minimum atomic E-state index is -3.63. The summed E-state index contributed by atoms with van der Waals surface area (Å²) in [5, 5.41) is 0.855. The number of amides is 1. The van der Waals surface area contributed by atoms with Crippen LogP contribution in [0, 0.1) is 24.7 Å². The number of nitrogens with two attached hydrogens (primary N) is 2. The highest BCUT2D eigenvalue weighted by Gasteiger charge is 2.61. The molecule has 10 heteroatoms. The second kappa shape index (κ2) is 7.13. The smallest absolute Gasteiger partial charge is 0.238 e. The molecule has 0 bridgehead atoms. The zero-order valence-corrected chi connectivity index (χ0v) is 18.6. The van der Waals surface area contributed by atoms with Gasteiger partial charge in [-0.1, -0.05) is 0 Å². The number of primary amides is 1. The molecule has 2 fully saturated rings. The van der Waals surface area contributed by atoms with Gasteiger partial charge in [0.1, 0.15) is 11.6 Å². The number of nitrogens with zero attached hydrogens (tertiary/aromatic N) is 4. The van der Waals surface area contributed by atoms with E-state index in [2.05, 4.69) is 15.0 Å². The number of aromatic nitrogens is 3. The van der Waals surface area contributed by atoms with Crippen molar-refractivity contribution in [2.24, 2.45) is 23.5 Å². The highest BCUT2D eigenvalue weighted by Crippen LogP contribution is 2.59. The predicted molar refractivity (Wildman–Crippen MR) is 122 cm³/mol. The number of carbonyl (C=O) groups excluding carboxylic acids is 1. The lowest BCUT2D eigenvalue weighted by atomic mass is 10.1. The van der Waals surface area contributed by atoms with Crippen LogP contribution in [-0.4, -0.2) is 41.6 Å². The summed E-state index contributed by atoms with van der Waals surface area (Å²) < 4.78 is 27.7. The number of hydrogen-bond acceptors (Lipinski definition) is 7. The molecule has 2 unspecified atom stereocenters. The number of sulfonamides is 1. The molecule has 1 amide bonds. The van der Waals surface area contributed by atoms with Crippen molar-refractivity contribution in [1.29, 1.82) is 0 Å². The highest BCUT2D eigenvalue weighted by molar-refractivity contribution is 7.93. The molecule has 166 valence electrons. The first-order chi connectivity index (χ1) is 15.2. The maximum atomic E-state index is 13.2. The lowest BCUT2D eigenvalue weighted by molar-refractivity contribution is -0.119. The Hall–Kier alpha value is -3.27. The zero-order chi connectivity index (χ0) is 22.8. The number of nitrogen functional groups attached to an aromatic ring is 1. The average Bonchev–Trinajstić information content (AvgIpc) is 3.27. The lowest BCUT2D eigenvalue weighted by Crippen LogP contribution is -2.36. The second-order valence-corrected chi connectivity index (χ2v) is 11.0. The number of carbonyl (C=O) groups is 1. The van der Waals surface area contributed by atoms with E-state index in [0.717, 1.165) is 16.5 Å². The van der Waals surface area contributed by atoms with E-state index in [1.807, 2.05) is 19.1 Å². The molecule has 0 saturated heterocycles. The molecule has 2 saturated carbocycles. The Balaban J connectivity index is 1.47. The van der Waals surface area contributed by atoms with Crippen molar-refractivity contribution in [3.8, 4) is 11.3 Å². The van der Waals surface area contributed by atoms with Gasteiger partial charge in [0.2, 0.25) is 15.9 Å². The Morgan fingerprint density at radius 1 is 1.19 bits per heavy atom. The molecule has 3 heterocycles. The van der Waals surface area contributed by atoms with Crippen LogP contribution >= 0.6 is 0 Å². The Morgan fingerprint density at radius 3 is 2.56 bits per heavy atom. The van der Waals surface area contributed by atoms with Crippen LogP contribution in [0.1, 0.15) is 18.4 Å². The standard InChI is InChI=1S/C22H24N6O3S/c1-11-3-4-25-9-16(11)18-5-12-6-19(26-10-17(12)21(23)27-18)28(2)32(30,31)13-7-14-15(8-13)20(14)22(24)29/h3-6,9-10,13-15,20H,7-8H2,1-2H3,(H2,23,27)(H2,24,29). The van der Waals surface area contributed by atoms with Crippen molar-refractivity contribution in [3.05, 3.63) is 42.4 Å². The van der Waals surface area contributed by atoms with E-state index in [9.17, 15) is 13.2 Å². The fourth-order valence-electron chi connectivity index (χ4n) is 5.01. The third kappa shape index (κ3) is 3.17. The molecule has 0 spiro atoms. The van der Waals surface area contributed by atoms with Gasteiger partial charge in [-0.3, -0.25) is 14.1 Å². The minimum Gasteiger partial charge on any atom is -0.383 e. The Labute approximate surface area is 185 Å². The molecule has 0 radical (unpaired) electrons. The molecule has 5 rings (SSSR count). The Kier molecular flexibility index (Phi) is 4.59. The monoisotopic (exact) mass is 452 g/mol. The van der Waals surface area contributed by atoms with E-state index >= 15 is 0 Å². The predicted octanol–water partition coefficient (Wildman–Crippen LogP) is 1.86. The van der Waals surface area contributed by atoms with Gasteiger partial charge in [-0.15, -0.1) is 0 Å². The van der Waals surface area contributed by atoms with Crippen molar-refractivity contribution < 1.29 is 13.2 Å². The molecule has 2 aliphatic rings. The summed E-state index contributed by atoms with van der Waals surface area (Å²) in [6, 6.07) is 5.47. The van der Waals surface area contributed by atoms with Gasteiger partial charge in [-0.2, -0.15) is 0 Å². The summed E-state index contributed by atoms with van der Waals surface area (Å²) >= 11 is 0. The molecular weight excluding hydrogens is 428 g/mol. The van der Waals surface area contributed by atoms with Gasteiger partial charge >= 0.3 is 0 Å². The summed E-state index contributed by atoms with van der Waals surface area (Å²) in [6.07, 6.45) is 5.91. The van der Waals surface area contributed by atoms with Crippen LogP contribution in [0.25, 0.3) is 22.0 Å². The van der Waals surface area contributed by atoms with Gasteiger partial charge in [0.05, 0.1) is 10.9 Å². The summed E-state index contributed by atoms with van der Waals surface area (Å²) in [4.78, 5) is 24.4. The van der Waals surface area contributed by atoms with Crippen molar-refractivity contribution in [2.75, 3.05) is 17.1 Å². The molecule has 3 aromatic rings.